The summed E-state index contributed by atoms with van der Waals surface area (Å²) in [6.45, 7) is 2.31. The van der Waals surface area contributed by atoms with E-state index in [1.54, 1.807) is 13.8 Å². The number of carbonyl (C=O) groups excluding carboxylic acids is 6. The van der Waals surface area contributed by atoms with Crippen LogP contribution in [-0.2, 0) is 40.0 Å². The molecule has 0 spiro atoms. The Morgan fingerprint density at radius 1 is 0.804 bits per heavy atom. The van der Waals surface area contributed by atoms with E-state index in [1.807, 2.05) is 0 Å². The monoisotopic (exact) mass is 723 g/mol. The van der Waals surface area contributed by atoms with Crippen molar-refractivity contribution in [3.8, 4) is 5.75 Å². The minimum atomic E-state index is -1.59. The lowest BCUT2D eigenvalue weighted by atomic mass is 9.97. The number of aromatic hydroxyl groups is 1. The largest absolute Gasteiger partial charge is 0.508 e. The van der Waals surface area contributed by atoms with Crippen LogP contribution in [0.25, 0.3) is 0 Å². The van der Waals surface area contributed by atoms with Crippen LogP contribution in [0.5, 0.6) is 5.75 Å². The van der Waals surface area contributed by atoms with Crippen LogP contribution in [0.3, 0.4) is 0 Å². The standard InChI is InChI=1S/C32H49N7O12/c1-4-16(2)25(38-29(47)23(15-42)36-26(44)20(33)13-40)31(49)39-11-5-6-24(39)30(48)37-22(14-41)28(46)35-21(27(45)34-17(3)32(50)51)12-18-7-9-19(43)10-8-18/h7-10,16-17,20-25,40-43H,4-6,11-15,33H2,1-3H3,(H,34,45)(H,35,46)(H,36,44)(H,37,48)(H,38,47)(H,50,51)/t16-,17-,20-,21-,22-,23-,24-,25-/m0/s1. The van der Waals surface area contributed by atoms with Gasteiger partial charge in [0.1, 0.15) is 48.0 Å². The van der Waals surface area contributed by atoms with Gasteiger partial charge in [-0.3, -0.25) is 33.6 Å². The molecule has 2 rings (SSSR count). The number of hydrogen-bond donors (Lipinski definition) is 11. The van der Waals surface area contributed by atoms with Gasteiger partial charge in [-0.15, -0.1) is 0 Å². The molecule has 12 N–H and O–H groups in total. The van der Waals surface area contributed by atoms with Crippen molar-refractivity contribution in [2.75, 3.05) is 26.4 Å². The first-order valence-corrected chi connectivity index (χ1v) is 16.5. The number of rotatable bonds is 19. The highest BCUT2D eigenvalue weighted by Crippen LogP contribution is 2.22. The highest BCUT2D eigenvalue weighted by atomic mass is 16.4. The number of phenols is 1. The summed E-state index contributed by atoms with van der Waals surface area (Å²) in [5, 5.41) is 59.5. The van der Waals surface area contributed by atoms with Gasteiger partial charge in [-0.25, -0.2) is 0 Å². The molecule has 1 aromatic rings. The molecule has 0 unspecified atom stereocenters. The Kier molecular flexibility index (Phi) is 16.7. The number of benzene rings is 1. The number of phenolic OH excluding ortho intramolecular Hbond substituents is 1. The SMILES string of the molecule is CC[C@H](C)[C@H](NC(=O)[C@H](CO)NC(=O)[C@@H](N)CO)C(=O)N1CCC[C@H]1C(=O)N[C@@H](CO)C(=O)N[C@@H](Cc1ccc(O)cc1)C(=O)N[C@@H](C)C(=O)O. The summed E-state index contributed by atoms with van der Waals surface area (Å²) in [6, 6.07) is -3.74. The third-order valence-electron chi connectivity index (χ3n) is 8.52. The number of hydrogen-bond acceptors (Lipinski definition) is 12. The molecule has 0 bridgehead atoms. The Balaban J connectivity index is 2.21. The summed E-state index contributed by atoms with van der Waals surface area (Å²) in [7, 11) is 0. The van der Waals surface area contributed by atoms with Crippen LogP contribution in [0.1, 0.15) is 45.6 Å². The fourth-order valence-corrected chi connectivity index (χ4v) is 5.16. The molecule has 19 nitrogen and oxygen atoms in total. The highest BCUT2D eigenvalue weighted by molar-refractivity contribution is 5.97. The number of amides is 6. The van der Waals surface area contributed by atoms with Crippen LogP contribution in [0.2, 0.25) is 0 Å². The van der Waals surface area contributed by atoms with Crippen molar-refractivity contribution in [2.24, 2.45) is 11.7 Å². The average Bonchev–Trinajstić information content (AvgIpc) is 3.61. The molecule has 0 aliphatic carbocycles. The number of likely N-dealkylation sites (tertiary alicyclic amines) is 1. The van der Waals surface area contributed by atoms with Gasteiger partial charge in [-0.05, 0) is 43.4 Å². The van der Waals surface area contributed by atoms with Crippen LogP contribution in [-0.4, -0.2) is 141 Å². The zero-order valence-electron chi connectivity index (χ0n) is 28.7. The lowest BCUT2D eigenvalue weighted by molar-refractivity contribution is -0.144. The summed E-state index contributed by atoms with van der Waals surface area (Å²) in [6.07, 6.45) is 0.820. The number of aliphatic hydroxyl groups is 3. The number of nitrogens with two attached hydrogens (primary N) is 1. The number of nitrogens with zero attached hydrogens (tertiary/aromatic N) is 1. The maximum atomic E-state index is 13.8. The van der Waals surface area contributed by atoms with E-state index in [1.165, 1.54) is 36.1 Å². The van der Waals surface area contributed by atoms with E-state index in [9.17, 15) is 54.0 Å². The zero-order valence-corrected chi connectivity index (χ0v) is 28.7. The molecule has 1 fully saturated rings. The fourth-order valence-electron chi connectivity index (χ4n) is 5.16. The molecular formula is C32H49N7O12. The van der Waals surface area contributed by atoms with Gasteiger partial charge in [0.05, 0.1) is 19.8 Å². The molecule has 6 amide bonds. The third kappa shape index (κ3) is 12.2. The number of aliphatic hydroxyl groups excluding tert-OH is 3. The van der Waals surface area contributed by atoms with Gasteiger partial charge in [0.2, 0.25) is 35.4 Å². The van der Waals surface area contributed by atoms with Gasteiger partial charge in [-0.1, -0.05) is 32.4 Å². The van der Waals surface area contributed by atoms with Crippen LogP contribution in [0.4, 0.5) is 0 Å². The summed E-state index contributed by atoms with van der Waals surface area (Å²) in [5.41, 5.74) is 5.96. The Morgan fingerprint density at radius 3 is 1.90 bits per heavy atom. The predicted octanol–water partition coefficient (Wildman–Crippen LogP) is -4.20. The molecule has 8 atom stereocenters. The van der Waals surface area contributed by atoms with Gasteiger partial charge in [0.25, 0.3) is 0 Å². The van der Waals surface area contributed by atoms with Gasteiger partial charge < -0.3 is 62.8 Å². The van der Waals surface area contributed by atoms with E-state index in [0.29, 0.717) is 18.4 Å². The van der Waals surface area contributed by atoms with E-state index in [2.05, 4.69) is 26.6 Å². The Morgan fingerprint density at radius 2 is 1.35 bits per heavy atom. The first kappa shape index (κ1) is 42.3. The topological polar surface area (TPSA) is 310 Å². The van der Waals surface area contributed by atoms with Gasteiger partial charge in [-0.2, -0.15) is 0 Å². The van der Waals surface area contributed by atoms with E-state index >= 15 is 0 Å². The van der Waals surface area contributed by atoms with Gasteiger partial charge in [0, 0.05) is 13.0 Å². The van der Waals surface area contributed by atoms with Crippen molar-refractivity contribution in [1.82, 2.24) is 31.5 Å². The lowest BCUT2D eigenvalue weighted by Gasteiger charge is -2.32. The molecule has 1 aliphatic heterocycles. The molecule has 0 aromatic heterocycles. The summed E-state index contributed by atoms with van der Waals surface area (Å²) >= 11 is 0. The maximum absolute atomic E-state index is 13.8. The first-order valence-electron chi connectivity index (χ1n) is 16.5. The van der Waals surface area contributed by atoms with E-state index in [4.69, 9.17) is 10.8 Å². The lowest BCUT2D eigenvalue weighted by Crippen LogP contribution is -2.61. The normalized spacial score (nSPS) is 18.2. The number of nitrogens with one attached hydrogen (secondary N) is 5. The maximum Gasteiger partial charge on any atom is 0.325 e. The smallest absolute Gasteiger partial charge is 0.325 e. The molecule has 1 aromatic carbocycles. The van der Waals surface area contributed by atoms with Crippen LogP contribution >= 0.6 is 0 Å². The minimum absolute atomic E-state index is 0.0501. The second-order valence-electron chi connectivity index (χ2n) is 12.3. The second kappa shape index (κ2) is 20.1. The number of aliphatic carboxylic acids is 1. The van der Waals surface area contributed by atoms with Crippen molar-refractivity contribution in [3.63, 3.8) is 0 Å². The van der Waals surface area contributed by atoms with E-state index in [0.717, 1.165) is 0 Å². The van der Waals surface area contributed by atoms with Crippen LogP contribution in [0, 0.1) is 5.92 Å². The molecule has 284 valence electrons. The summed E-state index contributed by atoms with van der Waals surface area (Å²) in [4.78, 5) is 91.2. The van der Waals surface area contributed by atoms with Crippen LogP contribution in [0.15, 0.2) is 24.3 Å². The summed E-state index contributed by atoms with van der Waals surface area (Å²) < 4.78 is 0. The van der Waals surface area contributed by atoms with Crippen molar-refractivity contribution in [2.45, 2.75) is 88.7 Å². The first-order chi connectivity index (χ1) is 24.1. The van der Waals surface area contributed by atoms with Crippen molar-refractivity contribution < 1.29 is 59.1 Å². The van der Waals surface area contributed by atoms with Crippen LogP contribution < -0.4 is 32.3 Å². The van der Waals surface area contributed by atoms with E-state index in [-0.39, 0.29) is 25.1 Å². The minimum Gasteiger partial charge on any atom is -0.508 e. The quantitative estimate of drug-likeness (QED) is 0.0646. The Labute approximate surface area is 294 Å². The number of carbonyl (C=O) groups is 7. The van der Waals surface area contributed by atoms with Gasteiger partial charge >= 0.3 is 5.97 Å². The van der Waals surface area contributed by atoms with Gasteiger partial charge in [0.15, 0.2) is 0 Å². The molecule has 1 saturated heterocycles. The third-order valence-corrected chi connectivity index (χ3v) is 8.52. The zero-order chi connectivity index (χ0) is 38.4. The van der Waals surface area contributed by atoms with Crippen molar-refractivity contribution in [3.05, 3.63) is 29.8 Å². The predicted molar refractivity (Wildman–Crippen MR) is 178 cm³/mol. The highest BCUT2D eigenvalue weighted by Gasteiger charge is 2.41. The number of carboxylic acids is 1. The molecule has 1 heterocycles. The van der Waals surface area contributed by atoms with E-state index < -0.39 is 109 Å². The molecule has 0 radical (unpaired) electrons. The van der Waals surface area contributed by atoms with Crippen molar-refractivity contribution >= 4 is 41.4 Å². The fraction of sp³-hybridized carbons (Fsp3) is 0.594. The molecule has 51 heavy (non-hydrogen) atoms. The molecule has 1 aliphatic rings. The molecular weight excluding hydrogens is 674 g/mol. The second-order valence-corrected chi connectivity index (χ2v) is 12.3. The Hall–Kier alpha value is -4.85. The van der Waals surface area contributed by atoms with Crippen molar-refractivity contribution in [1.29, 1.82) is 0 Å². The molecule has 0 saturated carbocycles. The number of carboxylic acid groups (broad SMARTS) is 1. The Bertz CT molecular complexity index is 1390. The average molecular weight is 724 g/mol. The summed E-state index contributed by atoms with van der Waals surface area (Å²) in [5.74, 6) is -6.95. The molecule has 19 heteroatoms.